The maximum absolute atomic E-state index is 12.5. The van der Waals surface area contributed by atoms with Crippen LogP contribution in [0.3, 0.4) is 0 Å². The minimum Gasteiger partial charge on any atom is -0.326 e. The van der Waals surface area contributed by atoms with E-state index in [9.17, 15) is 8.42 Å². The number of thioether (sulfide) groups is 1. The predicted octanol–water partition coefficient (Wildman–Crippen LogP) is 2.10. The number of nitrogens with zero attached hydrogens (tertiary/aromatic N) is 1. The monoisotopic (exact) mass is 370 g/mol. The van der Waals surface area contributed by atoms with E-state index in [1.54, 1.807) is 10.4 Å². The fraction of sp³-hybridized carbons (Fsp3) is 0.600. The van der Waals surface area contributed by atoms with E-state index in [2.05, 4.69) is 22.9 Å². The van der Waals surface area contributed by atoms with Crippen LogP contribution >= 0.6 is 39.0 Å². The van der Waals surface area contributed by atoms with E-state index in [1.807, 2.05) is 11.8 Å². The molecule has 0 aromatic carbocycles. The zero-order valence-corrected chi connectivity index (χ0v) is 14.0. The summed E-state index contributed by atoms with van der Waals surface area (Å²) in [6.07, 6.45) is 0. The van der Waals surface area contributed by atoms with Crippen molar-refractivity contribution in [2.45, 2.75) is 23.6 Å². The lowest BCUT2D eigenvalue weighted by molar-refractivity contribution is 0.424. The van der Waals surface area contributed by atoms with Crippen molar-refractivity contribution in [2.75, 3.05) is 18.8 Å². The van der Waals surface area contributed by atoms with Crippen LogP contribution in [0.1, 0.15) is 11.8 Å². The van der Waals surface area contributed by atoms with Gasteiger partial charge >= 0.3 is 0 Å². The molecule has 1 aromatic heterocycles. The Morgan fingerprint density at radius 3 is 2.89 bits per heavy atom. The summed E-state index contributed by atoms with van der Waals surface area (Å²) in [5.74, 6) is 0.853. The smallest absolute Gasteiger partial charge is 0.245 e. The maximum atomic E-state index is 12.5. The minimum absolute atomic E-state index is 0.347. The van der Waals surface area contributed by atoms with Crippen LogP contribution in [0, 0.1) is 0 Å². The van der Waals surface area contributed by atoms with Crippen molar-refractivity contribution < 1.29 is 8.42 Å². The predicted molar refractivity (Wildman–Crippen MR) is 80.6 cm³/mol. The minimum atomic E-state index is -3.39. The molecule has 102 valence electrons. The number of thiophene rings is 1. The Balaban J connectivity index is 2.32. The zero-order valence-electron chi connectivity index (χ0n) is 9.93. The highest BCUT2D eigenvalue weighted by atomic mass is 79.9. The molecule has 0 bridgehead atoms. The van der Waals surface area contributed by atoms with Gasteiger partial charge in [-0.1, -0.05) is 6.92 Å². The normalized spacial score (nSPS) is 22.3. The summed E-state index contributed by atoms with van der Waals surface area (Å²) in [6.45, 7) is 3.58. The van der Waals surface area contributed by atoms with Gasteiger partial charge in [0.25, 0.3) is 0 Å². The Bertz CT molecular complexity index is 529. The van der Waals surface area contributed by atoms with Crippen LogP contribution in [-0.2, 0) is 16.6 Å². The third-order valence-electron chi connectivity index (χ3n) is 2.73. The molecule has 1 saturated heterocycles. The van der Waals surface area contributed by atoms with Crippen LogP contribution in [0.2, 0.25) is 0 Å². The summed E-state index contributed by atoms with van der Waals surface area (Å²) in [6, 6.07) is 1.68. The topological polar surface area (TPSA) is 63.4 Å². The summed E-state index contributed by atoms with van der Waals surface area (Å²) in [5.41, 5.74) is 5.55. The molecule has 0 radical (unpaired) electrons. The lowest BCUT2D eigenvalue weighted by Gasteiger charge is -2.29. The largest absolute Gasteiger partial charge is 0.326 e. The van der Waals surface area contributed by atoms with E-state index in [1.165, 1.54) is 11.3 Å². The second-order valence-corrected chi connectivity index (χ2v) is 10.0. The van der Waals surface area contributed by atoms with Crippen molar-refractivity contribution >= 4 is 49.1 Å². The quantitative estimate of drug-likeness (QED) is 0.884. The first kappa shape index (κ1) is 14.8. The summed E-state index contributed by atoms with van der Waals surface area (Å²) in [5, 5.41) is 0.347. The number of hydrogen-bond donors (Lipinski definition) is 1. The third-order valence-corrected chi connectivity index (χ3v) is 8.01. The van der Waals surface area contributed by atoms with Gasteiger partial charge in [0.15, 0.2) is 0 Å². The summed E-state index contributed by atoms with van der Waals surface area (Å²) >= 11 is 6.53. The first-order valence-corrected chi connectivity index (χ1v) is 9.65. The average Bonchev–Trinajstić information content (AvgIpc) is 2.71. The standard InChI is InChI=1S/C10H15BrN2O2S3/c1-7-6-13(2-3-16-7)18(14,15)9-4-8(5-12)17-10(9)11/h4,7H,2-3,5-6,12H2,1H3. The zero-order chi connectivity index (χ0) is 13.3. The molecular weight excluding hydrogens is 356 g/mol. The van der Waals surface area contributed by atoms with Crippen molar-refractivity contribution in [3.05, 3.63) is 14.7 Å². The Hall–Kier alpha value is 0.400. The van der Waals surface area contributed by atoms with Crippen LogP contribution in [0.25, 0.3) is 0 Å². The van der Waals surface area contributed by atoms with Gasteiger partial charge in [-0.05, 0) is 22.0 Å². The Kier molecular flexibility index (Phi) is 4.77. The van der Waals surface area contributed by atoms with Crippen LogP contribution < -0.4 is 5.73 Å². The van der Waals surface area contributed by atoms with Crippen LogP contribution in [0.5, 0.6) is 0 Å². The van der Waals surface area contributed by atoms with Gasteiger partial charge < -0.3 is 5.73 Å². The fourth-order valence-electron chi connectivity index (χ4n) is 1.82. The summed E-state index contributed by atoms with van der Waals surface area (Å²) in [4.78, 5) is 1.23. The molecule has 1 aromatic rings. The fourth-order valence-corrected chi connectivity index (χ4v) is 7.08. The second-order valence-electron chi connectivity index (χ2n) is 4.10. The van der Waals surface area contributed by atoms with Gasteiger partial charge in [0.05, 0.1) is 3.79 Å². The van der Waals surface area contributed by atoms with Gasteiger partial charge in [0, 0.05) is 35.5 Å². The summed E-state index contributed by atoms with van der Waals surface area (Å²) in [7, 11) is -3.39. The molecule has 8 heteroatoms. The van der Waals surface area contributed by atoms with E-state index >= 15 is 0 Å². The Morgan fingerprint density at radius 1 is 1.61 bits per heavy atom. The van der Waals surface area contributed by atoms with Crippen molar-refractivity contribution in [1.82, 2.24) is 4.31 Å². The Morgan fingerprint density at radius 2 is 2.33 bits per heavy atom. The van der Waals surface area contributed by atoms with Crippen LogP contribution in [0.15, 0.2) is 14.7 Å². The molecule has 0 aliphatic carbocycles. The molecule has 0 amide bonds. The lowest BCUT2D eigenvalue weighted by atomic mass is 10.4. The molecule has 1 aliphatic heterocycles. The van der Waals surface area contributed by atoms with Crippen LogP contribution in [0.4, 0.5) is 0 Å². The SMILES string of the molecule is CC1CN(S(=O)(=O)c2cc(CN)sc2Br)CCS1. The molecule has 0 spiro atoms. The highest BCUT2D eigenvalue weighted by molar-refractivity contribution is 9.11. The molecule has 4 nitrogen and oxygen atoms in total. The number of sulfonamides is 1. The number of nitrogens with two attached hydrogens (primary N) is 1. The van der Waals surface area contributed by atoms with E-state index in [4.69, 9.17) is 5.73 Å². The molecule has 1 atom stereocenters. The lowest BCUT2D eigenvalue weighted by Crippen LogP contribution is -2.40. The van der Waals surface area contributed by atoms with E-state index in [0.717, 1.165) is 10.6 Å². The van der Waals surface area contributed by atoms with Crippen LogP contribution in [-0.4, -0.2) is 36.8 Å². The molecule has 18 heavy (non-hydrogen) atoms. The molecule has 2 N–H and O–H groups in total. The third kappa shape index (κ3) is 2.94. The molecule has 0 saturated carbocycles. The van der Waals surface area contributed by atoms with Crippen molar-refractivity contribution in [3.8, 4) is 0 Å². The van der Waals surface area contributed by atoms with Gasteiger partial charge in [-0.25, -0.2) is 8.42 Å². The van der Waals surface area contributed by atoms with Gasteiger partial charge in [-0.3, -0.25) is 0 Å². The molecule has 1 unspecified atom stereocenters. The van der Waals surface area contributed by atoms with Gasteiger partial charge in [0.2, 0.25) is 10.0 Å². The molecular formula is C10H15BrN2O2S3. The molecule has 2 rings (SSSR count). The number of halogens is 1. The van der Waals surface area contributed by atoms with E-state index in [0.29, 0.717) is 33.6 Å². The average molecular weight is 371 g/mol. The van der Waals surface area contributed by atoms with Gasteiger partial charge in [0.1, 0.15) is 4.90 Å². The molecule has 2 heterocycles. The number of hydrogen-bond acceptors (Lipinski definition) is 5. The first-order chi connectivity index (χ1) is 8.45. The maximum Gasteiger partial charge on any atom is 0.245 e. The number of rotatable bonds is 3. The first-order valence-electron chi connectivity index (χ1n) is 5.55. The molecule has 1 fully saturated rings. The molecule has 1 aliphatic rings. The van der Waals surface area contributed by atoms with Crippen molar-refractivity contribution in [2.24, 2.45) is 5.73 Å². The van der Waals surface area contributed by atoms with E-state index in [-0.39, 0.29) is 0 Å². The van der Waals surface area contributed by atoms with Gasteiger partial charge in [-0.15, -0.1) is 11.3 Å². The highest BCUT2D eigenvalue weighted by Crippen LogP contribution is 2.34. The summed E-state index contributed by atoms with van der Waals surface area (Å²) < 4.78 is 27.3. The van der Waals surface area contributed by atoms with Crippen molar-refractivity contribution in [1.29, 1.82) is 0 Å². The van der Waals surface area contributed by atoms with E-state index < -0.39 is 10.0 Å². The van der Waals surface area contributed by atoms with Gasteiger partial charge in [-0.2, -0.15) is 16.1 Å². The van der Waals surface area contributed by atoms with Crippen molar-refractivity contribution in [3.63, 3.8) is 0 Å². The highest BCUT2D eigenvalue weighted by Gasteiger charge is 2.31. The Labute approximate surface area is 124 Å². The second kappa shape index (κ2) is 5.80.